The van der Waals surface area contributed by atoms with E-state index in [0.717, 1.165) is 30.9 Å². The van der Waals surface area contributed by atoms with Crippen LogP contribution in [0.4, 0.5) is 11.4 Å². The Bertz CT molecular complexity index is 801. The molecule has 1 aliphatic heterocycles. The minimum atomic E-state index is -0.0235. The summed E-state index contributed by atoms with van der Waals surface area (Å²) in [6.07, 6.45) is 6.16. The number of nitrogens with zero attached hydrogens (tertiary/aromatic N) is 1. The molecule has 3 heteroatoms. The van der Waals surface area contributed by atoms with Crippen LogP contribution in [0.1, 0.15) is 48.8 Å². The van der Waals surface area contributed by atoms with Crippen molar-refractivity contribution in [2.75, 3.05) is 10.6 Å². The molecule has 2 aromatic rings. The van der Waals surface area contributed by atoms with E-state index in [4.69, 9.17) is 4.99 Å². The predicted octanol–water partition coefficient (Wildman–Crippen LogP) is 5.44. The normalized spacial score (nSPS) is 20.0. The third-order valence-electron chi connectivity index (χ3n) is 5.84. The number of aryl methyl sites for hydroxylation is 1. The third kappa shape index (κ3) is 3.04. The van der Waals surface area contributed by atoms with Crippen molar-refractivity contribution in [1.82, 2.24) is 0 Å². The first-order valence-corrected chi connectivity index (χ1v) is 9.42. The smallest absolute Gasteiger partial charge is 0.127 e. The fraction of sp³-hybridized carbons (Fsp3) is 0.409. The fourth-order valence-electron chi connectivity index (χ4n) is 4.12. The van der Waals surface area contributed by atoms with Gasteiger partial charge in [0.2, 0.25) is 0 Å². The number of aliphatic imine (C=N–C) groups is 1. The number of fused-ring (bicyclic) bond motifs is 1. The molecule has 130 valence electrons. The number of hydrogen-bond donors (Lipinski definition) is 2. The molecular weight excluding hydrogens is 306 g/mol. The Balaban J connectivity index is 1.68. The van der Waals surface area contributed by atoms with Gasteiger partial charge in [0, 0.05) is 0 Å². The van der Waals surface area contributed by atoms with Gasteiger partial charge in [-0.2, -0.15) is 0 Å². The Hall–Kier alpha value is -2.29. The molecule has 25 heavy (non-hydrogen) atoms. The molecule has 0 atom stereocenters. The van der Waals surface area contributed by atoms with Crippen molar-refractivity contribution < 1.29 is 0 Å². The van der Waals surface area contributed by atoms with Crippen LogP contribution in [0.15, 0.2) is 47.5 Å². The molecule has 0 unspecified atom stereocenters. The maximum absolute atomic E-state index is 5.07. The van der Waals surface area contributed by atoms with E-state index in [1.807, 2.05) is 0 Å². The second-order valence-corrected chi connectivity index (χ2v) is 7.46. The van der Waals surface area contributed by atoms with E-state index in [2.05, 4.69) is 66.9 Å². The summed E-state index contributed by atoms with van der Waals surface area (Å²) in [5, 5.41) is 7.48. The average molecular weight is 333 g/mol. The number of benzene rings is 2. The van der Waals surface area contributed by atoms with Gasteiger partial charge in [-0.25, -0.2) is 0 Å². The van der Waals surface area contributed by atoms with Crippen molar-refractivity contribution in [3.05, 3.63) is 59.2 Å². The summed E-state index contributed by atoms with van der Waals surface area (Å²) in [7, 11) is 0. The highest BCUT2D eigenvalue weighted by Gasteiger charge is 2.40. The Morgan fingerprint density at radius 2 is 1.68 bits per heavy atom. The van der Waals surface area contributed by atoms with Gasteiger partial charge >= 0.3 is 0 Å². The van der Waals surface area contributed by atoms with Gasteiger partial charge < -0.3 is 10.6 Å². The molecule has 4 rings (SSSR count). The van der Waals surface area contributed by atoms with Crippen molar-refractivity contribution in [3.8, 4) is 0 Å². The molecule has 0 saturated heterocycles. The van der Waals surface area contributed by atoms with Crippen LogP contribution in [0.2, 0.25) is 0 Å². The SMILES string of the molecule is Cc1cccc(CN=C2Nc3ccccc3NC23CCCCC3)c1C. The van der Waals surface area contributed by atoms with Crippen molar-refractivity contribution in [1.29, 1.82) is 0 Å². The second kappa shape index (κ2) is 6.55. The Kier molecular flexibility index (Phi) is 4.24. The molecule has 1 spiro atoms. The monoisotopic (exact) mass is 333 g/mol. The molecule has 0 aromatic heterocycles. The van der Waals surface area contributed by atoms with Gasteiger partial charge in [-0.1, -0.05) is 49.6 Å². The van der Waals surface area contributed by atoms with Gasteiger partial charge in [-0.05, 0) is 55.5 Å². The van der Waals surface area contributed by atoms with Crippen LogP contribution in [-0.4, -0.2) is 11.4 Å². The number of amidine groups is 1. The zero-order chi connectivity index (χ0) is 17.3. The minimum Gasteiger partial charge on any atom is -0.371 e. The van der Waals surface area contributed by atoms with Gasteiger partial charge in [0.25, 0.3) is 0 Å². The zero-order valence-corrected chi connectivity index (χ0v) is 15.2. The highest BCUT2D eigenvalue weighted by molar-refractivity contribution is 6.09. The molecule has 1 saturated carbocycles. The summed E-state index contributed by atoms with van der Waals surface area (Å²) in [5.41, 5.74) is 6.33. The van der Waals surface area contributed by atoms with Crippen LogP contribution >= 0.6 is 0 Å². The van der Waals surface area contributed by atoms with E-state index in [1.54, 1.807) is 0 Å². The van der Waals surface area contributed by atoms with Crippen LogP contribution in [0.25, 0.3) is 0 Å². The fourth-order valence-corrected chi connectivity index (χ4v) is 4.12. The van der Waals surface area contributed by atoms with Crippen LogP contribution < -0.4 is 10.6 Å². The second-order valence-electron chi connectivity index (χ2n) is 7.46. The summed E-state index contributed by atoms with van der Waals surface area (Å²) >= 11 is 0. The molecule has 3 nitrogen and oxygen atoms in total. The van der Waals surface area contributed by atoms with Gasteiger partial charge in [0.05, 0.1) is 23.5 Å². The summed E-state index contributed by atoms with van der Waals surface area (Å²) in [4.78, 5) is 5.07. The lowest BCUT2D eigenvalue weighted by molar-refractivity contribution is 0.403. The lowest BCUT2D eigenvalue weighted by Gasteiger charge is -2.44. The van der Waals surface area contributed by atoms with E-state index in [9.17, 15) is 0 Å². The van der Waals surface area contributed by atoms with Gasteiger partial charge in [-0.15, -0.1) is 0 Å². The molecular formula is C22H27N3. The van der Waals surface area contributed by atoms with Crippen molar-refractivity contribution in [3.63, 3.8) is 0 Å². The largest absolute Gasteiger partial charge is 0.371 e. The summed E-state index contributed by atoms with van der Waals surface area (Å²) in [6.45, 7) is 5.11. The standard InChI is InChI=1S/C22H27N3/c1-16-9-8-10-18(17(16)2)15-23-21-22(13-6-3-7-14-22)25-20-12-5-4-11-19(20)24-21/h4-5,8-12,25H,3,6-7,13-15H2,1-2H3,(H,23,24). The third-order valence-corrected chi connectivity index (χ3v) is 5.84. The Morgan fingerprint density at radius 1 is 0.920 bits per heavy atom. The van der Waals surface area contributed by atoms with Crippen LogP contribution in [0.3, 0.4) is 0 Å². The minimum absolute atomic E-state index is 0.0235. The van der Waals surface area contributed by atoms with Crippen LogP contribution in [0.5, 0.6) is 0 Å². The van der Waals surface area contributed by atoms with E-state index < -0.39 is 0 Å². The quantitative estimate of drug-likeness (QED) is 0.767. The molecule has 0 radical (unpaired) electrons. The summed E-state index contributed by atoms with van der Waals surface area (Å²) in [6, 6.07) is 15.0. The zero-order valence-electron chi connectivity index (χ0n) is 15.2. The number of nitrogens with one attached hydrogen (secondary N) is 2. The van der Waals surface area contributed by atoms with Crippen molar-refractivity contribution in [2.24, 2.45) is 4.99 Å². The Labute approximate surface area is 150 Å². The maximum atomic E-state index is 5.07. The van der Waals surface area contributed by atoms with Crippen LogP contribution in [-0.2, 0) is 6.54 Å². The Morgan fingerprint density at radius 3 is 2.48 bits per heavy atom. The molecule has 0 amide bonds. The molecule has 2 aromatic carbocycles. The van der Waals surface area contributed by atoms with Crippen molar-refractivity contribution in [2.45, 2.75) is 58.0 Å². The van der Waals surface area contributed by atoms with Gasteiger partial charge in [-0.3, -0.25) is 4.99 Å². The number of para-hydroxylation sites is 2. The predicted molar refractivity (Wildman–Crippen MR) is 107 cm³/mol. The first-order chi connectivity index (χ1) is 12.2. The number of hydrogen-bond acceptors (Lipinski definition) is 2. The lowest BCUT2D eigenvalue weighted by Crippen LogP contribution is -2.53. The highest BCUT2D eigenvalue weighted by Crippen LogP contribution is 2.39. The van der Waals surface area contributed by atoms with Crippen molar-refractivity contribution >= 4 is 17.2 Å². The summed E-state index contributed by atoms with van der Waals surface area (Å²) in [5.74, 6) is 1.12. The molecule has 1 heterocycles. The van der Waals surface area contributed by atoms with Gasteiger partial charge in [0.15, 0.2) is 0 Å². The highest BCUT2D eigenvalue weighted by atomic mass is 15.2. The molecule has 1 fully saturated rings. The topological polar surface area (TPSA) is 36.4 Å². The first kappa shape index (κ1) is 16.2. The van der Waals surface area contributed by atoms with E-state index in [1.165, 1.54) is 41.6 Å². The molecule has 1 aliphatic carbocycles. The van der Waals surface area contributed by atoms with Crippen LogP contribution in [0, 0.1) is 13.8 Å². The number of rotatable bonds is 2. The average Bonchev–Trinajstić information content (AvgIpc) is 2.64. The summed E-state index contributed by atoms with van der Waals surface area (Å²) < 4.78 is 0. The van der Waals surface area contributed by atoms with Gasteiger partial charge in [0.1, 0.15) is 5.84 Å². The molecule has 0 bridgehead atoms. The molecule has 2 aliphatic rings. The van der Waals surface area contributed by atoms with E-state index >= 15 is 0 Å². The maximum Gasteiger partial charge on any atom is 0.127 e. The molecule has 2 N–H and O–H groups in total. The van der Waals surface area contributed by atoms with E-state index in [0.29, 0.717) is 0 Å². The lowest BCUT2D eigenvalue weighted by atomic mass is 9.79. The number of anilines is 2. The first-order valence-electron chi connectivity index (χ1n) is 9.42. The van der Waals surface area contributed by atoms with E-state index in [-0.39, 0.29) is 5.54 Å².